The normalized spacial score (nSPS) is 11.2. The Morgan fingerprint density at radius 3 is 2.65 bits per heavy atom. The number of benzene rings is 2. The minimum atomic E-state index is -0.306. The van der Waals surface area contributed by atoms with E-state index in [4.69, 9.17) is 0 Å². The molecule has 0 aliphatic carbocycles. The third-order valence-electron chi connectivity index (χ3n) is 4.45. The third-order valence-corrected chi connectivity index (χ3v) is 5.27. The smallest absolute Gasteiger partial charge is 0.272 e. The fourth-order valence-electron chi connectivity index (χ4n) is 2.94. The highest BCUT2D eigenvalue weighted by Gasteiger charge is 2.14. The van der Waals surface area contributed by atoms with E-state index in [2.05, 4.69) is 28.4 Å². The third kappa shape index (κ3) is 3.04. The van der Waals surface area contributed by atoms with Gasteiger partial charge >= 0.3 is 0 Å². The van der Waals surface area contributed by atoms with E-state index in [1.165, 1.54) is 23.3 Å². The summed E-state index contributed by atoms with van der Waals surface area (Å²) in [7, 11) is 0. The number of hydrogen-bond acceptors (Lipinski definition) is 4. The van der Waals surface area contributed by atoms with E-state index in [9.17, 15) is 9.18 Å². The van der Waals surface area contributed by atoms with Crippen LogP contribution in [-0.2, 0) is 13.0 Å². The number of hydrogen-bond donors (Lipinski definition) is 0. The van der Waals surface area contributed by atoms with E-state index in [0.29, 0.717) is 22.5 Å². The number of aromatic nitrogens is 3. The SMILES string of the molecule is Cc1ccccc1CCn1cnc2c(-c3ccc(F)cc3)nsc2c1=O. The van der Waals surface area contributed by atoms with Crippen LogP contribution in [0.4, 0.5) is 4.39 Å². The molecular formula is C20H16FN3OS. The maximum atomic E-state index is 13.1. The second-order valence-electron chi connectivity index (χ2n) is 6.14. The lowest BCUT2D eigenvalue weighted by Crippen LogP contribution is -2.21. The first-order valence-corrected chi connectivity index (χ1v) is 9.06. The molecule has 6 heteroatoms. The van der Waals surface area contributed by atoms with Crippen molar-refractivity contribution in [1.29, 1.82) is 0 Å². The van der Waals surface area contributed by atoms with Gasteiger partial charge < -0.3 is 0 Å². The van der Waals surface area contributed by atoms with E-state index in [1.807, 2.05) is 12.1 Å². The van der Waals surface area contributed by atoms with Crippen LogP contribution in [0, 0.1) is 12.7 Å². The highest BCUT2D eigenvalue weighted by atomic mass is 32.1. The van der Waals surface area contributed by atoms with Crippen LogP contribution in [0.2, 0.25) is 0 Å². The topological polar surface area (TPSA) is 47.8 Å². The summed E-state index contributed by atoms with van der Waals surface area (Å²) in [6, 6.07) is 14.2. The van der Waals surface area contributed by atoms with Gasteiger partial charge in [0.25, 0.3) is 5.56 Å². The van der Waals surface area contributed by atoms with E-state index < -0.39 is 0 Å². The molecule has 0 amide bonds. The van der Waals surface area contributed by atoms with Crippen molar-refractivity contribution in [2.75, 3.05) is 0 Å². The van der Waals surface area contributed by atoms with Gasteiger partial charge in [0.1, 0.15) is 21.7 Å². The largest absolute Gasteiger partial charge is 0.298 e. The molecule has 0 radical (unpaired) electrons. The van der Waals surface area contributed by atoms with Gasteiger partial charge in [0.2, 0.25) is 0 Å². The average Bonchev–Trinajstić information content (AvgIpc) is 3.08. The highest BCUT2D eigenvalue weighted by Crippen LogP contribution is 2.27. The Morgan fingerprint density at radius 1 is 1.12 bits per heavy atom. The van der Waals surface area contributed by atoms with Crippen molar-refractivity contribution in [1.82, 2.24) is 13.9 Å². The summed E-state index contributed by atoms with van der Waals surface area (Å²) in [6.45, 7) is 2.63. The van der Waals surface area contributed by atoms with Gasteiger partial charge in [0, 0.05) is 12.1 Å². The Kier molecular flexibility index (Phi) is 4.34. The van der Waals surface area contributed by atoms with E-state index in [1.54, 1.807) is 23.0 Å². The molecule has 0 aliphatic rings. The molecule has 26 heavy (non-hydrogen) atoms. The van der Waals surface area contributed by atoms with Crippen molar-refractivity contribution in [2.45, 2.75) is 19.9 Å². The molecule has 4 nitrogen and oxygen atoms in total. The summed E-state index contributed by atoms with van der Waals surface area (Å²) in [6.07, 6.45) is 2.34. The molecule has 0 saturated carbocycles. The first kappa shape index (κ1) is 16.6. The van der Waals surface area contributed by atoms with E-state index in [0.717, 1.165) is 23.5 Å². The molecule has 0 bridgehead atoms. The molecule has 0 aliphatic heterocycles. The van der Waals surface area contributed by atoms with Crippen molar-refractivity contribution < 1.29 is 4.39 Å². The standard InChI is InChI=1S/C20H16FN3OS/c1-13-4-2-3-5-14(13)10-11-24-12-22-18-17(23-26-19(18)20(24)25)15-6-8-16(21)9-7-15/h2-9,12H,10-11H2,1H3. The zero-order valence-corrected chi connectivity index (χ0v) is 15.0. The molecule has 2 aromatic carbocycles. The van der Waals surface area contributed by atoms with Crippen LogP contribution < -0.4 is 5.56 Å². The summed E-state index contributed by atoms with van der Waals surface area (Å²) < 4.78 is 19.6. The minimum absolute atomic E-state index is 0.0885. The molecule has 4 rings (SSSR count). The van der Waals surface area contributed by atoms with Crippen molar-refractivity contribution >= 4 is 21.7 Å². The second kappa shape index (κ2) is 6.80. The molecular weight excluding hydrogens is 349 g/mol. The molecule has 0 atom stereocenters. The van der Waals surface area contributed by atoms with Crippen molar-refractivity contribution in [3.05, 3.63) is 82.2 Å². The van der Waals surface area contributed by atoms with Gasteiger partial charge in [-0.05, 0) is 60.3 Å². The maximum absolute atomic E-state index is 13.1. The quantitative estimate of drug-likeness (QED) is 0.544. The van der Waals surface area contributed by atoms with Gasteiger partial charge in [-0.3, -0.25) is 9.36 Å². The van der Waals surface area contributed by atoms with Crippen molar-refractivity contribution in [3.63, 3.8) is 0 Å². The molecule has 130 valence electrons. The lowest BCUT2D eigenvalue weighted by molar-refractivity contribution is 0.628. The summed E-state index contributed by atoms with van der Waals surface area (Å²) in [4.78, 5) is 17.2. The predicted molar refractivity (Wildman–Crippen MR) is 102 cm³/mol. The number of aryl methyl sites for hydroxylation is 3. The molecule has 0 fully saturated rings. The first-order valence-electron chi connectivity index (χ1n) is 8.29. The van der Waals surface area contributed by atoms with Gasteiger partial charge in [0.15, 0.2) is 0 Å². The lowest BCUT2D eigenvalue weighted by atomic mass is 10.1. The minimum Gasteiger partial charge on any atom is -0.298 e. The van der Waals surface area contributed by atoms with Gasteiger partial charge in [0.05, 0.1) is 6.33 Å². The Balaban J connectivity index is 1.67. The average molecular weight is 365 g/mol. The van der Waals surface area contributed by atoms with Gasteiger partial charge in [-0.25, -0.2) is 9.37 Å². The zero-order chi connectivity index (χ0) is 18.1. The predicted octanol–water partition coefficient (Wildman–Crippen LogP) is 4.21. The lowest BCUT2D eigenvalue weighted by Gasteiger charge is -2.07. The van der Waals surface area contributed by atoms with Gasteiger partial charge in [-0.2, -0.15) is 4.37 Å². The van der Waals surface area contributed by atoms with Gasteiger partial charge in [-0.1, -0.05) is 24.3 Å². The monoisotopic (exact) mass is 365 g/mol. The van der Waals surface area contributed by atoms with Crippen LogP contribution in [0.5, 0.6) is 0 Å². The van der Waals surface area contributed by atoms with Crippen LogP contribution in [0.15, 0.2) is 59.7 Å². The molecule has 4 aromatic rings. The molecule has 0 spiro atoms. The van der Waals surface area contributed by atoms with Crippen LogP contribution in [0.3, 0.4) is 0 Å². The maximum Gasteiger partial charge on any atom is 0.272 e. The molecule has 0 unspecified atom stereocenters. The molecule has 2 heterocycles. The number of halogens is 1. The summed E-state index contributed by atoms with van der Waals surface area (Å²) in [5, 5.41) is 0. The highest BCUT2D eigenvalue weighted by molar-refractivity contribution is 7.13. The molecule has 2 aromatic heterocycles. The first-order chi connectivity index (χ1) is 12.6. The van der Waals surface area contributed by atoms with Crippen LogP contribution in [0.1, 0.15) is 11.1 Å². The Hall–Kier alpha value is -2.86. The number of fused-ring (bicyclic) bond motifs is 1. The van der Waals surface area contributed by atoms with Crippen LogP contribution in [0.25, 0.3) is 21.5 Å². The van der Waals surface area contributed by atoms with E-state index >= 15 is 0 Å². The summed E-state index contributed by atoms with van der Waals surface area (Å²) >= 11 is 1.14. The number of nitrogens with zero attached hydrogens (tertiary/aromatic N) is 3. The molecule has 0 N–H and O–H groups in total. The Morgan fingerprint density at radius 2 is 1.88 bits per heavy atom. The fourth-order valence-corrected chi connectivity index (χ4v) is 3.75. The molecule has 0 saturated heterocycles. The van der Waals surface area contributed by atoms with Gasteiger partial charge in [-0.15, -0.1) is 0 Å². The van der Waals surface area contributed by atoms with Crippen molar-refractivity contribution in [3.8, 4) is 11.3 Å². The fraction of sp³-hybridized carbons (Fsp3) is 0.150. The Bertz CT molecular complexity index is 1130. The van der Waals surface area contributed by atoms with E-state index in [-0.39, 0.29) is 11.4 Å². The van der Waals surface area contributed by atoms with Crippen LogP contribution >= 0.6 is 11.5 Å². The van der Waals surface area contributed by atoms with Crippen molar-refractivity contribution in [2.24, 2.45) is 0 Å². The zero-order valence-electron chi connectivity index (χ0n) is 14.1. The van der Waals surface area contributed by atoms with Crippen LogP contribution in [-0.4, -0.2) is 13.9 Å². The Labute approximate surface area is 153 Å². The second-order valence-corrected chi connectivity index (χ2v) is 6.91. The summed E-state index contributed by atoms with van der Waals surface area (Å²) in [5.74, 6) is -0.306. The summed E-state index contributed by atoms with van der Waals surface area (Å²) in [5.41, 5.74) is 4.28. The number of rotatable bonds is 4.